The first-order chi connectivity index (χ1) is 7.31. The first-order valence-corrected chi connectivity index (χ1v) is 5.33. The van der Waals surface area contributed by atoms with Crippen molar-refractivity contribution in [2.45, 2.75) is 20.3 Å². The van der Waals surface area contributed by atoms with E-state index in [1.54, 1.807) is 6.08 Å². The van der Waals surface area contributed by atoms with E-state index in [0.717, 1.165) is 23.5 Å². The van der Waals surface area contributed by atoms with Gasteiger partial charge >= 0.3 is 0 Å². The summed E-state index contributed by atoms with van der Waals surface area (Å²) in [4.78, 5) is 0. The van der Waals surface area contributed by atoms with Gasteiger partial charge in [-0.15, -0.1) is 0 Å². The van der Waals surface area contributed by atoms with Gasteiger partial charge in [0.05, 0.1) is 13.2 Å². The maximum Gasteiger partial charge on any atom is 0.161 e. The molecule has 0 spiro atoms. The lowest BCUT2D eigenvalue weighted by atomic mass is 10.2. The van der Waals surface area contributed by atoms with Gasteiger partial charge in [0, 0.05) is 0 Å². The maximum absolute atomic E-state index is 5.58. The SMILES string of the molecule is C=Cc1ccc(OCCC)c(OCC)c1. The quantitative estimate of drug-likeness (QED) is 0.709. The molecule has 82 valence electrons. The molecule has 0 amide bonds. The fourth-order valence-corrected chi connectivity index (χ4v) is 1.25. The molecule has 1 aromatic rings. The Morgan fingerprint density at radius 3 is 2.60 bits per heavy atom. The molecule has 0 saturated carbocycles. The summed E-state index contributed by atoms with van der Waals surface area (Å²) in [7, 11) is 0. The van der Waals surface area contributed by atoms with Gasteiger partial charge in [0.15, 0.2) is 11.5 Å². The molecule has 2 heteroatoms. The molecule has 0 aliphatic carbocycles. The highest BCUT2D eigenvalue weighted by molar-refractivity contribution is 5.54. The van der Waals surface area contributed by atoms with E-state index in [1.165, 1.54) is 0 Å². The van der Waals surface area contributed by atoms with Crippen LogP contribution in [0.4, 0.5) is 0 Å². The van der Waals surface area contributed by atoms with E-state index >= 15 is 0 Å². The Balaban J connectivity index is 2.87. The smallest absolute Gasteiger partial charge is 0.161 e. The van der Waals surface area contributed by atoms with E-state index in [9.17, 15) is 0 Å². The molecule has 0 heterocycles. The van der Waals surface area contributed by atoms with Crippen molar-refractivity contribution in [2.75, 3.05) is 13.2 Å². The fraction of sp³-hybridized carbons (Fsp3) is 0.385. The molecule has 0 aromatic heterocycles. The molecule has 0 aliphatic rings. The van der Waals surface area contributed by atoms with Gasteiger partial charge < -0.3 is 9.47 Å². The lowest BCUT2D eigenvalue weighted by Gasteiger charge is -2.11. The lowest BCUT2D eigenvalue weighted by Crippen LogP contribution is -2.00. The number of hydrogen-bond donors (Lipinski definition) is 0. The second kappa shape index (κ2) is 6.12. The van der Waals surface area contributed by atoms with Gasteiger partial charge in [-0.1, -0.05) is 25.6 Å². The highest BCUT2D eigenvalue weighted by Crippen LogP contribution is 2.28. The molecule has 0 bridgehead atoms. The van der Waals surface area contributed by atoms with Crippen molar-refractivity contribution in [3.8, 4) is 11.5 Å². The van der Waals surface area contributed by atoms with Gasteiger partial charge in [-0.05, 0) is 31.0 Å². The highest BCUT2D eigenvalue weighted by atomic mass is 16.5. The third-order valence-corrected chi connectivity index (χ3v) is 1.97. The maximum atomic E-state index is 5.58. The van der Waals surface area contributed by atoms with E-state index in [4.69, 9.17) is 9.47 Å². The second-order valence-electron chi connectivity index (χ2n) is 3.19. The van der Waals surface area contributed by atoms with Crippen LogP contribution in [0.5, 0.6) is 11.5 Å². The van der Waals surface area contributed by atoms with Crippen LogP contribution in [0, 0.1) is 0 Å². The zero-order valence-electron chi connectivity index (χ0n) is 9.45. The van der Waals surface area contributed by atoms with E-state index < -0.39 is 0 Å². The summed E-state index contributed by atoms with van der Waals surface area (Å²) in [5.41, 5.74) is 1.04. The molecule has 1 aromatic carbocycles. The first-order valence-electron chi connectivity index (χ1n) is 5.33. The summed E-state index contributed by atoms with van der Waals surface area (Å²) in [6, 6.07) is 5.85. The monoisotopic (exact) mass is 206 g/mol. The van der Waals surface area contributed by atoms with Gasteiger partial charge in [-0.25, -0.2) is 0 Å². The van der Waals surface area contributed by atoms with Crippen LogP contribution >= 0.6 is 0 Å². The van der Waals surface area contributed by atoms with Gasteiger partial charge in [-0.2, -0.15) is 0 Å². The minimum absolute atomic E-state index is 0.642. The summed E-state index contributed by atoms with van der Waals surface area (Å²) in [6.07, 6.45) is 2.79. The number of ether oxygens (including phenoxy) is 2. The Bertz CT molecular complexity index is 318. The molecule has 0 unspecified atom stereocenters. The molecule has 0 N–H and O–H groups in total. The normalized spacial score (nSPS) is 9.73. The van der Waals surface area contributed by atoms with E-state index in [0.29, 0.717) is 13.2 Å². The van der Waals surface area contributed by atoms with Crippen LogP contribution in [0.25, 0.3) is 6.08 Å². The zero-order chi connectivity index (χ0) is 11.1. The van der Waals surface area contributed by atoms with Crippen LogP contribution in [0.1, 0.15) is 25.8 Å². The molecule has 0 fully saturated rings. The van der Waals surface area contributed by atoms with Gasteiger partial charge in [0.25, 0.3) is 0 Å². The standard InChI is InChI=1S/C13H18O2/c1-4-9-15-12-8-7-11(5-2)10-13(12)14-6-3/h5,7-8,10H,2,4,6,9H2,1,3H3. The van der Waals surface area contributed by atoms with E-state index in [-0.39, 0.29) is 0 Å². The number of rotatable bonds is 6. The molecule has 2 nitrogen and oxygen atoms in total. The minimum atomic E-state index is 0.642. The van der Waals surface area contributed by atoms with Crippen LogP contribution in [-0.2, 0) is 0 Å². The van der Waals surface area contributed by atoms with Crippen molar-refractivity contribution >= 4 is 6.08 Å². The Kier molecular flexibility index (Phi) is 4.75. The van der Waals surface area contributed by atoms with Crippen molar-refractivity contribution in [3.63, 3.8) is 0 Å². The van der Waals surface area contributed by atoms with Gasteiger partial charge in [0.1, 0.15) is 0 Å². The van der Waals surface area contributed by atoms with Crippen molar-refractivity contribution in [2.24, 2.45) is 0 Å². The van der Waals surface area contributed by atoms with Crippen molar-refractivity contribution in [1.29, 1.82) is 0 Å². The van der Waals surface area contributed by atoms with Gasteiger partial charge in [0.2, 0.25) is 0 Å². The predicted molar refractivity (Wildman–Crippen MR) is 63.5 cm³/mol. The third kappa shape index (κ3) is 3.31. The zero-order valence-corrected chi connectivity index (χ0v) is 9.45. The molecular weight excluding hydrogens is 188 g/mol. The topological polar surface area (TPSA) is 18.5 Å². The highest BCUT2D eigenvalue weighted by Gasteiger charge is 2.04. The Hall–Kier alpha value is -1.44. The first kappa shape index (κ1) is 11.6. The summed E-state index contributed by atoms with van der Waals surface area (Å²) in [6.45, 7) is 9.13. The predicted octanol–water partition coefficient (Wildman–Crippen LogP) is 3.52. The summed E-state index contributed by atoms with van der Waals surface area (Å²) in [5, 5.41) is 0. The number of hydrogen-bond acceptors (Lipinski definition) is 2. The second-order valence-corrected chi connectivity index (χ2v) is 3.19. The van der Waals surface area contributed by atoms with Crippen LogP contribution in [-0.4, -0.2) is 13.2 Å². The summed E-state index contributed by atoms with van der Waals surface area (Å²) < 4.78 is 11.1. The van der Waals surface area contributed by atoms with Crippen molar-refractivity contribution in [1.82, 2.24) is 0 Å². The van der Waals surface area contributed by atoms with Crippen LogP contribution in [0.3, 0.4) is 0 Å². The lowest BCUT2D eigenvalue weighted by molar-refractivity contribution is 0.277. The van der Waals surface area contributed by atoms with Crippen molar-refractivity contribution < 1.29 is 9.47 Å². The largest absolute Gasteiger partial charge is 0.490 e. The van der Waals surface area contributed by atoms with Gasteiger partial charge in [-0.3, -0.25) is 0 Å². The average Bonchev–Trinajstić information content (AvgIpc) is 2.27. The summed E-state index contributed by atoms with van der Waals surface area (Å²) >= 11 is 0. The Labute approximate surface area is 91.5 Å². The Morgan fingerprint density at radius 2 is 2.00 bits per heavy atom. The molecular formula is C13H18O2. The molecule has 0 saturated heterocycles. The summed E-state index contributed by atoms with van der Waals surface area (Å²) in [5.74, 6) is 1.60. The third-order valence-electron chi connectivity index (χ3n) is 1.97. The number of benzene rings is 1. The van der Waals surface area contributed by atoms with Crippen LogP contribution in [0.15, 0.2) is 24.8 Å². The average molecular weight is 206 g/mol. The molecule has 15 heavy (non-hydrogen) atoms. The van der Waals surface area contributed by atoms with Crippen LogP contribution in [0.2, 0.25) is 0 Å². The molecule has 0 radical (unpaired) electrons. The Morgan fingerprint density at radius 1 is 1.20 bits per heavy atom. The molecule has 0 atom stereocenters. The van der Waals surface area contributed by atoms with Crippen molar-refractivity contribution in [3.05, 3.63) is 30.3 Å². The minimum Gasteiger partial charge on any atom is -0.490 e. The molecule has 1 rings (SSSR count). The van der Waals surface area contributed by atoms with E-state index in [1.807, 2.05) is 25.1 Å². The van der Waals surface area contributed by atoms with E-state index in [2.05, 4.69) is 13.5 Å². The van der Waals surface area contributed by atoms with Crippen LogP contribution < -0.4 is 9.47 Å². The fourth-order valence-electron chi connectivity index (χ4n) is 1.25. The molecule has 0 aliphatic heterocycles.